The standard InChI is InChI=1S/C33H28N4O4S/c1-40-32(39)23-14-12-22(13-15-23)27-16-17-28(41-27)31-30(26-10-4-5-19-34-26)36-33(42)37(31)20-18-29(38)35-25-11-6-8-21-7-2-3-9-24(21)25/h2-17,19,30-31H,18,20H2,1H3,(H,35,38)(H,36,42)/t30-,31+/m0/s1. The average molecular weight is 577 g/mol. The van der Waals surface area contributed by atoms with E-state index in [2.05, 4.69) is 15.6 Å². The lowest BCUT2D eigenvalue weighted by Gasteiger charge is -2.26. The van der Waals surface area contributed by atoms with Crippen LogP contribution in [0.5, 0.6) is 0 Å². The summed E-state index contributed by atoms with van der Waals surface area (Å²) in [7, 11) is 1.35. The predicted octanol–water partition coefficient (Wildman–Crippen LogP) is 6.28. The summed E-state index contributed by atoms with van der Waals surface area (Å²) in [6, 6.07) is 29.8. The summed E-state index contributed by atoms with van der Waals surface area (Å²) >= 11 is 5.76. The first-order valence-corrected chi connectivity index (χ1v) is 14.0. The third-order valence-corrected chi connectivity index (χ3v) is 7.70. The first-order valence-electron chi connectivity index (χ1n) is 13.6. The summed E-state index contributed by atoms with van der Waals surface area (Å²) in [5, 5.41) is 9.03. The molecule has 0 bridgehead atoms. The number of rotatable bonds is 8. The fourth-order valence-corrected chi connectivity index (χ4v) is 5.61. The van der Waals surface area contributed by atoms with Crippen LogP contribution >= 0.6 is 12.2 Å². The van der Waals surface area contributed by atoms with Gasteiger partial charge in [0.2, 0.25) is 5.91 Å². The fraction of sp³-hybridized carbons (Fsp3) is 0.152. The van der Waals surface area contributed by atoms with E-state index in [1.165, 1.54) is 7.11 Å². The number of benzene rings is 3. The van der Waals surface area contributed by atoms with E-state index < -0.39 is 5.97 Å². The van der Waals surface area contributed by atoms with Crippen molar-refractivity contribution in [3.05, 3.63) is 120 Å². The van der Waals surface area contributed by atoms with E-state index in [9.17, 15) is 9.59 Å². The number of pyridine rings is 1. The maximum Gasteiger partial charge on any atom is 0.337 e. The van der Waals surface area contributed by atoms with E-state index in [1.807, 2.05) is 89.8 Å². The first-order chi connectivity index (χ1) is 20.5. The second-order valence-corrected chi connectivity index (χ2v) is 10.3. The van der Waals surface area contributed by atoms with Gasteiger partial charge in [-0.1, -0.05) is 54.6 Å². The van der Waals surface area contributed by atoms with Gasteiger partial charge in [-0.25, -0.2) is 4.79 Å². The molecule has 3 aromatic carbocycles. The predicted molar refractivity (Wildman–Crippen MR) is 165 cm³/mol. The third-order valence-electron chi connectivity index (χ3n) is 7.35. The molecule has 0 unspecified atom stereocenters. The van der Waals surface area contributed by atoms with Gasteiger partial charge in [-0.15, -0.1) is 0 Å². The average Bonchev–Trinajstić information content (AvgIpc) is 3.65. The Labute approximate surface area is 248 Å². The van der Waals surface area contributed by atoms with Gasteiger partial charge in [-0.2, -0.15) is 0 Å². The van der Waals surface area contributed by atoms with E-state index in [0.29, 0.717) is 28.7 Å². The zero-order chi connectivity index (χ0) is 29.1. The lowest BCUT2D eigenvalue weighted by atomic mass is 10.0. The van der Waals surface area contributed by atoms with E-state index in [0.717, 1.165) is 27.7 Å². The Hall–Kier alpha value is -5.02. The van der Waals surface area contributed by atoms with Gasteiger partial charge in [0.1, 0.15) is 17.6 Å². The minimum atomic E-state index is -0.398. The van der Waals surface area contributed by atoms with Crippen molar-refractivity contribution in [1.29, 1.82) is 0 Å². The highest BCUT2D eigenvalue weighted by Gasteiger charge is 2.41. The van der Waals surface area contributed by atoms with Crippen LogP contribution in [0, 0.1) is 0 Å². The van der Waals surface area contributed by atoms with Gasteiger partial charge in [0.05, 0.1) is 24.4 Å². The lowest BCUT2D eigenvalue weighted by molar-refractivity contribution is -0.116. The van der Waals surface area contributed by atoms with Crippen molar-refractivity contribution < 1.29 is 18.7 Å². The van der Waals surface area contributed by atoms with Crippen LogP contribution < -0.4 is 10.6 Å². The van der Waals surface area contributed by atoms with E-state index in [-0.39, 0.29) is 24.4 Å². The Kier molecular flexibility index (Phi) is 7.66. The quantitative estimate of drug-likeness (QED) is 0.165. The number of carbonyl (C=O) groups excluding carboxylic acids is 2. The highest BCUT2D eigenvalue weighted by Crippen LogP contribution is 2.40. The van der Waals surface area contributed by atoms with Gasteiger partial charge in [0.15, 0.2) is 5.11 Å². The number of carbonyl (C=O) groups is 2. The van der Waals surface area contributed by atoms with Gasteiger partial charge in [0.25, 0.3) is 0 Å². The zero-order valence-corrected chi connectivity index (χ0v) is 23.6. The molecule has 0 radical (unpaired) electrons. The van der Waals surface area contributed by atoms with Crippen molar-refractivity contribution in [2.24, 2.45) is 0 Å². The number of fused-ring (bicyclic) bond motifs is 1. The number of thiocarbonyl (C=S) groups is 1. The van der Waals surface area contributed by atoms with Crippen molar-refractivity contribution in [3.8, 4) is 11.3 Å². The molecule has 1 fully saturated rings. The van der Waals surface area contributed by atoms with E-state index >= 15 is 0 Å². The Morgan fingerprint density at radius 2 is 1.76 bits per heavy atom. The van der Waals surface area contributed by atoms with Gasteiger partial charge in [0, 0.05) is 35.8 Å². The van der Waals surface area contributed by atoms with Gasteiger partial charge >= 0.3 is 5.97 Å². The van der Waals surface area contributed by atoms with E-state index in [4.69, 9.17) is 21.4 Å². The molecule has 1 amide bonds. The van der Waals surface area contributed by atoms with Crippen molar-refractivity contribution in [3.63, 3.8) is 0 Å². The molecular formula is C33H28N4O4S. The van der Waals surface area contributed by atoms with Crippen molar-refractivity contribution in [2.45, 2.75) is 18.5 Å². The Balaban J connectivity index is 1.24. The Bertz CT molecular complexity index is 1750. The second-order valence-electron chi connectivity index (χ2n) is 9.92. The molecule has 1 aliphatic rings. The number of esters is 1. The molecule has 2 aromatic heterocycles. The second kappa shape index (κ2) is 11.8. The van der Waals surface area contributed by atoms with Crippen molar-refractivity contribution in [2.75, 3.05) is 19.0 Å². The van der Waals surface area contributed by atoms with Crippen molar-refractivity contribution in [1.82, 2.24) is 15.2 Å². The van der Waals surface area contributed by atoms with Crippen LogP contribution in [-0.2, 0) is 9.53 Å². The number of nitrogens with one attached hydrogen (secondary N) is 2. The van der Waals surface area contributed by atoms with Gasteiger partial charge < -0.3 is 24.7 Å². The molecule has 8 nitrogen and oxygen atoms in total. The normalized spacial score (nSPS) is 16.3. The largest absolute Gasteiger partial charge is 0.465 e. The van der Waals surface area contributed by atoms with Crippen LogP contribution in [0.3, 0.4) is 0 Å². The molecule has 2 atom stereocenters. The molecule has 210 valence electrons. The minimum absolute atomic E-state index is 0.111. The molecule has 2 N–H and O–H groups in total. The topological polar surface area (TPSA) is 96.7 Å². The van der Waals surface area contributed by atoms with Gasteiger partial charge in [-0.3, -0.25) is 9.78 Å². The van der Waals surface area contributed by atoms with Crippen LogP contribution in [0.15, 0.2) is 108 Å². The molecule has 42 heavy (non-hydrogen) atoms. The highest BCUT2D eigenvalue weighted by molar-refractivity contribution is 7.80. The number of amides is 1. The number of hydrogen-bond acceptors (Lipinski definition) is 6. The van der Waals surface area contributed by atoms with Crippen LogP contribution in [0.4, 0.5) is 5.69 Å². The van der Waals surface area contributed by atoms with E-state index in [1.54, 1.807) is 18.3 Å². The molecule has 9 heteroatoms. The lowest BCUT2D eigenvalue weighted by Crippen LogP contribution is -2.32. The van der Waals surface area contributed by atoms with Gasteiger partial charge in [-0.05, 0) is 60.1 Å². The van der Waals surface area contributed by atoms with Crippen LogP contribution in [0.1, 0.15) is 40.3 Å². The summed E-state index contributed by atoms with van der Waals surface area (Å²) in [6.07, 6.45) is 1.97. The summed E-state index contributed by atoms with van der Waals surface area (Å²) in [4.78, 5) is 31.5. The minimum Gasteiger partial charge on any atom is -0.465 e. The molecule has 0 saturated carbocycles. The Morgan fingerprint density at radius 1 is 0.976 bits per heavy atom. The number of nitrogens with zero attached hydrogens (tertiary/aromatic N) is 2. The van der Waals surface area contributed by atoms with Crippen LogP contribution in [-0.4, -0.2) is 40.5 Å². The maximum absolute atomic E-state index is 13.1. The number of methoxy groups -OCH3 is 1. The fourth-order valence-electron chi connectivity index (χ4n) is 5.28. The molecule has 6 rings (SSSR count). The third kappa shape index (κ3) is 5.46. The number of aromatic nitrogens is 1. The maximum atomic E-state index is 13.1. The zero-order valence-electron chi connectivity index (χ0n) is 22.8. The smallest absolute Gasteiger partial charge is 0.337 e. The highest BCUT2D eigenvalue weighted by atomic mass is 32.1. The summed E-state index contributed by atoms with van der Waals surface area (Å²) in [5.41, 5.74) is 2.87. The van der Waals surface area contributed by atoms with Crippen LogP contribution in [0.25, 0.3) is 22.1 Å². The molecule has 1 aliphatic heterocycles. The SMILES string of the molecule is COC(=O)c1ccc(-c2ccc([C@@H]3[C@H](c4ccccn4)NC(=S)N3CCC(=O)Nc3cccc4ccccc34)o2)cc1. The number of anilines is 1. The van der Waals surface area contributed by atoms with Crippen molar-refractivity contribution >= 4 is 45.7 Å². The summed E-state index contributed by atoms with van der Waals surface area (Å²) in [6.45, 7) is 0.375. The monoisotopic (exact) mass is 576 g/mol. The molecule has 0 spiro atoms. The molecule has 3 heterocycles. The summed E-state index contributed by atoms with van der Waals surface area (Å²) < 4.78 is 11.2. The molecule has 5 aromatic rings. The number of furan rings is 1. The van der Waals surface area contributed by atoms with Crippen LogP contribution in [0.2, 0.25) is 0 Å². The number of hydrogen-bond donors (Lipinski definition) is 2. The summed E-state index contributed by atoms with van der Waals surface area (Å²) in [5.74, 6) is 0.817. The molecule has 0 aliphatic carbocycles. The number of ether oxygens (including phenoxy) is 1. The molecular weight excluding hydrogens is 548 g/mol. The first kappa shape index (κ1) is 27.2. The Morgan fingerprint density at radius 3 is 2.55 bits per heavy atom. The molecule has 1 saturated heterocycles.